The molecule has 2 atom stereocenters. The van der Waals surface area contributed by atoms with E-state index >= 15 is 0 Å². The normalized spacial score (nSPS) is 17.7. The molecule has 6 rings (SSSR count). The van der Waals surface area contributed by atoms with Crippen molar-refractivity contribution in [3.63, 3.8) is 0 Å². The molecule has 0 aliphatic carbocycles. The largest absolute Gasteiger partial charge is 0.492 e. The average molecular weight is 669 g/mol. The second kappa shape index (κ2) is 12.7. The standard InChI is InChI=1S/C34H32ClF3N4O3S/c1-4-45-30-12-9-22(35)14-29(30)42-28(13-19(2)3)25(32(43)41-16-23-10-11-24(17-41)39-23)15-26(33(42)44)31-40-27(18-46-31)20-5-7-21(8-6-20)34(36,37)38/h5-9,12-15,18,23-24,39H,4,10-11,16-17H2,1-3H3/t23-,24+. The number of carbonyl (C=O) groups is 1. The molecule has 2 aromatic carbocycles. The number of aromatic nitrogens is 2. The number of carbonyl (C=O) groups excluding carboxylic acids is 1. The zero-order chi connectivity index (χ0) is 32.7. The molecule has 2 fully saturated rings. The summed E-state index contributed by atoms with van der Waals surface area (Å²) in [6.45, 7) is 7.05. The van der Waals surface area contributed by atoms with Gasteiger partial charge in [-0.1, -0.05) is 29.3 Å². The molecular formula is C34H32ClF3N4O3S. The molecule has 7 nitrogen and oxygen atoms in total. The Bertz CT molecular complexity index is 1870. The highest BCUT2D eigenvalue weighted by Crippen LogP contribution is 2.35. The Kier molecular flexibility index (Phi) is 8.84. The first-order valence-electron chi connectivity index (χ1n) is 15.0. The van der Waals surface area contributed by atoms with Crippen LogP contribution in [0.1, 0.15) is 55.2 Å². The van der Waals surface area contributed by atoms with Crippen molar-refractivity contribution in [3.8, 4) is 33.3 Å². The van der Waals surface area contributed by atoms with Gasteiger partial charge >= 0.3 is 6.18 Å². The predicted molar refractivity (Wildman–Crippen MR) is 175 cm³/mol. The van der Waals surface area contributed by atoms with Gasteiger partial charge in [0.15, 0.2) is 0 Å². The van der Waals surface area contributed by atoms with Gasteiger partial charge in [0.2, 0.25) is 0 Å². The van der Waals surface area contributed by atoms with Crippen LogP contribution < -0.4 is 15.6 Å². The minimum atomic E-state index is -4.46. The number of nitrogens with zero attached hydrogens (tertiary/aromatic N) is 3. The minimum Gasteiger partial charge on any atom is -0.492 e. The molecule has 0 spiro atoms. The Morgan fingerprint density at radius 2 is 1.80 bits per heavy atom. The third-order valence-corrected chi connectivity index (χ3v) is 9.21. The summed E-state index contributed by atoms with van der Waals surface area (Å²) >= 11 is 7.63. The predicted octanol–water partition coefficient (Wildman–Crippen LogP) is 7.70. The van der Waals surface area contributed by atoms with Gasteiger partial charge in [0, 0.05) is 41.1 Å². The first-order valence-corrected chi connectivity index (χ1v) is 16.2. The van der Waals surface area contributed by atoms with Crippen molar-refractivity contribution < 1.29 is 22.7 Å². The molecule has 12 heteroatoms. The van der Waals surface area contributed by atoms with Gasteiger partial charge in [-0.15, -0.1) is 11.3 Å². The number of thiazole rings is 1. The number of hydrogen-bond donors (Lipinski definition) is 1. The van der Waals surface area contributed by atoms with E-state index in [9.17, 15) is 22.8 Å². The molecule has 2 bridgehead atoms. The van der Waals surface area contributed by atoms with Gasteiger partial charge in [-0.3, -0.25) is 14.2 Å². The van der Waals surface area contributed by atoms with Crippen LogP contribution in [-0.4, -0.2) is 52.1 Å². The summed E-state index contributed by atoms with van der Waals surface area (Å²) in [5.74, 6) is 0.207. The summed E-state index contributed by atoms with van der Waals surface area (Å²) in [6.07, 6.45) is -0.670. The van der Waals surface area contributed by atoms with Crippen LogP contribution in [0.5, 0.6) is 5.75 Å². The molecule has 0 radical (unpaired) electrons. The van der Waals surface area contributed by atoms with Crippen LogP contribution in [0.25, 0.3) is 33.6 Å². The van der Waals surface area contributed by atoms with Crippen LogP contribution in [0.15, 0.2) is 64.3 Å². The van der Waals surface area contributed by atoms with Crippen molar-refractivity contribution in [2.24, 2.45) is 0 Å². The number of ether oxygens (including phenoxy) is 1. The van der Waals surface area contributed by atoms with E-state index in [1.54, 1.807) is 35.7 Å². The highest BCUT2D eigenvalue weighted by Gasteiger charge is 2.36. The van der Waals surface area contributed by atoms with Gasteiger partial charge in [0.05, 0.1) is 40.4 Å². The Morgan fingerprint density at radius 3 is 2.43 bits per heavy atom. The van der Waals surface area contributed by atoms with E-state index in [0.717, 1.165) is 30.5 Å². The van der Waals surface area contributed by atoms with Crippen molar-refractivity contribution >= 4 is 34.9 Å². The molecule has 4 aromatic rings. The fourth-order valence-corrected chi connectivity index (χ4v) is 7.05. The molecular weight excluding hydrogens is 637 g/mol. The van der Waals surface area contributed by atoms with Crippen molar-refractivity contribution in [2.75, 3.05) is 19.7 Å². The molecule has 1 amide bonds. The third-order valence-electron chi connectivity index (χ3n) is 8.10. The Hall–Kier alpha value is -3.93. The first kappa shape index (κ1) is 32.0. The number of amides is 1. The summed E-state index contributed by atoms with van der Waals surface area (Å²) in [6, 6.07) is 11.7. The van der Waals surface area contributed by atoms with E-state index in [1.165, 1.54) is 28.0 Å². The lowest BCUT2D eigenvalue weighted by Crippen LogP contribution is -2.53. The summed E-state index contributed by atoms with van der Waals surface area (Å²) in [7, 11) is 0. The number of benzene rings is 2. The molecule has 4 heterocycles. The number of fused-ring (bicyclic) bond motifs is 2. The maximum absolute atomic E-state index is 14.5. The van der Waals surface area contributed by atoms with Gasteiger partial charge in [-0.05, 0) is 76.1 Å². The molecule has 240 valence electrons. The van der Waals surface area contributed by atoms with Gasteiger partial charge < -0.3 is 15.0 Å². The van der Waals surface area contributed by atoms with Crippen molar-refractivity contribution in [1.82, 2.24) is 19.8 Å². The highest BCUT2D eigenvalue weighted by atomic mass is 35.5. The topological polar surface area (TPSA) is 76.5 Å². The van der Waals surface area contributed by atoms with Gasteiger partial charge in [0.1, 0.15) is 10.8 Å². The van der Waals surface area contributed by atoms with E-state index in [1.807, 2.05) is 25.7 Å². The van der Waals surface area contributed by atoms with E-state index in [-0.39, 0.29) is 23.6 Å². The molecule has 0 unspecified atom stereocenters. The van der Waals surface area contributed by atoms with Crippen LogP contribution in [0.3, 0.4) is 0 Å². The van der Waals surface area contributed by atoms with Crippen LogP contribution in [0, 0.1) is 0 Å². The van der Waals surface area contributed by atoms with Gasteiger partial charge in [-0.2, -0.15) is 13.2 Å². The van der Waals surface area contributed by atoms with Crippen molar-refractivity contribution in [3.05, 3.63) is 91.7 Å². The number of alkyl halides is 3. The van der Waals surface area contributed by atoms with E-state index < -0.39 is 17.3 Å². The monoisotopic (exact) mass is 668 g/mol. The molecule has 2 aliphatic heterocycles. The molecule has 2 aromatic heterocycles. The van der Waals surface area contributed by atoms with Crippen LogP contribution in [-0.2, 0) is 6.18 Å². The second-order valence-corrected chi connectivity index (χ2v) is 13.0. The highest BCUT2D eigenvalue weighted by molar-refractivity contribution is 7.13. The molecule has 0 saturated carbocycles. The number of piperazine rings is 1. The lowest BCUT2D eigenvalue weighted by atomic mass is 10.0. The zero-order valence-corrected chi connectivity index (χ0v) is 27.0. The quantitative estimate of drug-likeness (QED) is 0.219. The van der Waals surface area contributed by atoms with Crippen molar-refractivity contribution in [1.29, 1.82) is 0 Å². The number of likely N-dealkylation sites (tertiary alicyclic amines) is 1. The smallest absolute Gasteiger partial charge is 0.416 e. The second-order valence-electron chi connectivity index (χ2n) is 11.7. The van der Waals surface area contributed by atoms with Crippen molar-refractivity contribution in [2.45, 2.75) is 51.9 Å². The Labute approximate surface area is 273 Å². The van der Waals surface area contributed by atoms with Gasteiger partial charge in [0.25, 0.3) is 11.5 Å². The number of hydrogen-bond acceptors (Lipinski definition) is 6. The third kappa shape index (κ3) is 6.36. The number of rotatable bonds is 7. The minimum absolute atomic E-state index is 0.179. The number of pyridine rings is 1. The fourth-order valence-electron chi connectivity index (χ4n) is 6.05. The number of halogens is 4. The lowest BCUT2D eigenvalue weighted by Gasteiger charge is -2.33. The van der Waals surface area contributed by atoms with E-state index in [4.69, 9.17) is 16.3 Å². The molecule has 2 aliphatic rings. The van der Waals surface area contributed by atoms with E-state index in [2.05, 4.69) is 10.3 Å². The fraction of sp³-hybridized carbons (Fsp3) is 0.324. The first-order chi connectivity index (χ1) is 21.9. The number of allylic oxidation sites excluding steroid dienone is 1. The van der Waals surface area contributed by atoms with Crippen LogP contribution >= 0.6 is 22.9 Å². The Morgan fingerprint density at radius 1 is 1.11 bits per heavy atom. The summed E-state index contributed by atoms with van der Waals surface area (Å²) < 4.78 is 46.9. The molecule has 1 N–H and O–H groups in total. The number of nitrogens with one attached hydrogen (secondary N) is 1. The SMILES string of the molecule is CCOc1ccc(Cl)cc1-n1c(C=C(C)C)c(C(=O)N2C[C@H]3CC[C@@H](C2)N3)cc(-c2nc(-c3ccc(C(F)(F)F)cc3)cs2)c1=O. The maximum atomic E-state index is 14.5. The zero-order valence-electron chi connectivity index (χ0n) is 25.5. The van der Waals surface area contributed by atoms with Gasteiger partial charge in [-0.25, -0.2) is 4.98 Å². The summed E-state index contributed by atoms with van der Waals surface area (Å²) in [5.41, 5.74) is 1.82. The van der Waals surface area contributed by atoms with Crippen LogP contribution in [0.2, 0.25) is 5.02 Å². The van der Waals surface area contributed by atoms with Crippen LogP contribution in [0.4, 0.5) is 13.2 Å². The Balaban J connectivity index is 1.56. The molecule has 46 heavy (non-hydrogen) atoms. The summed E-state index contributed by atoms with van der Waals surface area (Å²) in [5, 5.41) is 5.94. The lowest BCUT2D eigenvalue weighted by molar-refractivity contribution is -0.137. The maximum Gasteiger partial charge on any atom is 0.416 e. The summed E-state index contributed by atoms with van der Waals surface area (Å²) in [4.78, 5) is 35.5. The molecule has 2 saturated heterocycles. The average Bonchev–Trinajstić information content (AvgIpc) is 3.63. The van der Waals surface area contributed by atoms with E-state index in [0.29, 0.717) is 63.7 Å².